The molecule has 1 heterocycles. The van der Waals surface area contributed by atoms with Crippen LogP contribution in [0.4, 0.5) is 0 Å². The summed E-state index contributed by atoms with van der Waals surface area (Å²) in [7, 11) is 1.70. The average molecular weight is 275 g/mol. The summed E-state index contributed by atoms with van der Waals surface area (Å²) < 4.78 is 9.60. The molecule has 0 N–H and O–H groups in total. The number of benzene rings is 1. The fourth-order valence-corrected chi connectivity index (χ4v) is 1.84. The molecule has 0 fully saturated rings. The van der Waals surface area contributed by atoms with Crippen LogP contribution in [0.25, 0.3) is 0 Å². The molecule has 6 nitrogen and oxygen atoms in total. The molecule has 0 radical (unpaired) electrons. The Kier molecular flexibility index (Phi) is 4.34. The van der Waals surface area contributed by atoms with Crippen LogP contribution >= 0.6 is 0 Å². The van der Waals surface area contributed by atoms with Crippen molar-refractivity contribution in [1.82, 2.24) is 15.0 Å². The van der Waals surface area contributed by atoms with Crippen LogP contribution in [-0.4, -0.2) is 41.1 Å². The van der Waals surface area contributed by atoms with Gasteiger partial charge in [0.1, 0.15) is 5.75 Å². The molecule has 2 aliphatic rings. The molecular weight excluding hydrogens is 258 g/mol. The number of carbonyl (C=O) groups is 1. The number of amides is 1. The van der Waals surface area contributed by atoms with Gasteiger partial charge in [-0.2, -0.15) is 4.98 Å². The topological polar surface area (TPSA) is 68.5 Å². The van der Waals surface area contributed by atoms with Crippen molar-refractivity contribution in [2.24, 2.45) is 0 Å². The Hall–Kier alpha value is -2.37. The Balaban J connectivity index is 0.000000157. The largest absolute Gasteiger partial charge is 0.496 e. The lowest BCUT2D eigenvalue weighted by Crippen LogP contribution is -2.30. The fourth-order valence-electron chi connectivity index (χ4n) is 1.84. The van der Waals surface area contributed by atoms with Crippen molar-refractivity contribution in [3.8, 4) is 5.75 Å². The molecule has 0 saturated heterocycles. The predicted molar refractivity (Wildman–Crippen MR) is 72.2 cm³/mol. The van der Waals surface area contributed by atoms with Crippen LogP contribution in [0.2, 0.25) is 0 Å². The van der Waals surface area contributed by atoms with Crippen molar-refractivity contribution in [2.75, 3.05) is 20.2 Å². The number of ether oxygens (including phenoxy) is 1. The zero-order valence-corrected chi connectivity index (χ0v) is 11.8. The number of nitrogens with zero attached hydrogens (tertiary/aromatic N) is 3. The van der Waals surface area contributed by atoms with E-state index in [0.717, 1.165) is 5.75 Å². The van der Waals surface area contributed by atoms with Crippen LogP contribution in [0, 0.1) is 10.4 Å². The van der Waals surface area contributed by atoms with Crippen LogP contribution in [-0.2, 0) is 0 Å². The van der Waals surface area contributed by atoms with E-state index in [-0.39, 0.29) is 11.8 Å². The summed E-state index contributed by atoms with van der Waals surface area (Å²) in [4.78, 5) is 16.7. The molecule has 20 heavy (non-hydrogen) atoms. The van der Waals surface area contributed by atoms with E-state index < -0.39 is 0 Å². The maximum Gasteiger partial charge on any atom is 0.315 e. The van der Waals surface area contributed by atoms with E-state index in [9.17, 15) is 4.79 Å². The van der Waals surface area contributed by atoms with Gasteiger partial charge in [0.2, 0.25) is 0 Å². The highest BCUT2D eigenvalue weighted by atomic mass is 16.5. The molecule has 0 saturated carbocycles. The van der Waals surface area contributed by atoms with Gasteiger partial charge in [0.25, 0.3) is 0 Å². The number of rotatable bonds is 4. The van der Waals surface area contributed by atoms with Gasteiger partial charge in [-0.05, 0) is 25.1 Å². The van der Waals surface area contributed by atoms with Crippen LogP contribution in [0.15, 0.2) is 29.0 Å². The van der Waals surface area contributed by atoms with Crippen molar-refractivity contribution < 1.29 is 14.1 Å². The lowest BCUT2D eigenvalue weighted by molar-refractivity contribution is 0.0723. The Morgan fingerprint density at radius 2 is 2.10 bits per heavy atom. The van der Waals surface area contributed by atoms with Gasteiger partial charge in [-0.25, -0.2) is 0 Å². The standard InChI is InChI=1S/C7H11N3O2.C7H6O/c1-3-10(4-2)7(11)6-8-5-9-12-6;1-8-7-4-5-2-3-6(5)7/h5H,3-4H2,1-2H3;2-4H,1H3. The fraction of sp³-hybridized carbons (Fsp3) is 0.357. The highest BCUT2D eigenvalue weighted by Gasteiger charge is 2.17. The van der Waals surface area contributed by atoms with Crippen molar-refractivity contribution in [3.63, 3.8) is 0 Å². The summed E-state index contributed by atoms with van der Waals surface area (Å²) in [6, 6.07) is 6.18. The normalized spacial score (nSPS) is 10.3. The molecule has 6 heteroatoms. The summed E-state index contributed by atoms with van der Waals surface area (Å²) in [6.45, 7) is 5.10. The summed E-state index contributed by atoms with van der Waals surface area (Å²) in [5, 5.41) is 5.98. The van der Waals surface area contributed by atoms with E-state index in [1.807, 2.05) is 19.9 Å². The van der Waals surface area contributed by atoms with Crippen molar-refractivity contribution >= 4 is 5.91 Å². The Bertz CT molecular complexity index is 663. The number of carbonyl (C=O) groups excluding carboxylic acids is 1. The number of aromatic nitrogens is 2. The number of hydrogen-bond acceptors (Lipinski definition) is 5. The molecule has 106 valence electrons. The molecule has 0 aliphatic heterocycles. The Labute approximate surface area is 116 Å². The van der Waals surface area contributed by atoms with Gasteiger partial charge >= 0.3 is 11.8 Å². The first-order valence-electron chi connectivity index (χ1n) is 6.45. The average Bonchev–Trinajstić information content (AvgIpc) is 2.98. The lowest BCUT2D eigenvalue weighted by atomic mass is 10.1. The van der Waals surface area contributed by atoms with E-state index in [4.69, 9.17) is 4.74 Å². The third kappa shape index (κ3) is 2.64. The smallest absolute Gasteiger partial charge is 0.315 e. The van der Waals surface area contributed by atoms with Gasteiger partial charge in [0.05, 0.1) is 7.11 Å². The quantitative estimate of drug-likeness (QED) is 0.726. The monoisotopic (exact) mass is 275 g/mol. The molecule has 0 unspecified atom stereocenters. The predicted octanol–water partition coefficient (Wildman–Crippen LogP) is 1.85. The van der Waals surface area contributed by atoms with E-state index in [0.29, 0.717) is 13.1 Å². The van der Waals surface area contributed by atoms with Crippen molar-refractivity contribution in [1.29, 1.82) is 0 Å². The third-order valence-corrected chi connectivity index (χ3v) is 3.11. The second-order valence-electron chi connectivity index (χ2n) is 4.14. The molecule has 1 amide bonds. The Morgan fingerprint density at radius 1 is 1.35 bits per heavy atom. The minimum atomic E-state index is -0.211. The summed E-state index contributed by atoms with van der Waals surface area (Å²) in [5.41, 5.74) is 0. The molecule has 0 spiro atoms. The van der Waals surface area contributed by atoms with Crippen LogP contribution < -0.4 is 4.74 Å². The van der Waals surface area contributed by atoms with Gasteiger partial charge in [-0.3, -0.25) is 4.79 Å². The molecule has 1 aromatic rings. The maximum absolute atomic E-state index is 11.4. The van der Waals surface area contributed by atoms with E-state index in [1.165, 1.54) is 16.8 Å². The third-order valence-electron chi connectivity index (χ3n) is 3.11. The van der Waals surface area contributed by atoms with Crippen LogP contribution in [0.3, 0.4) is 0 Å². The number of hydrogen-bond donors (Lipinski definition) is 0. The van der Waals surface area contributed by atoms with Gasteiger partial charge < -0.3 is 14.2 Å². The molecular formula is C14H17N3O3. The molecule has 3 rings (SSSR count). The van der Waals surface area contributed by atoms with Crippen LogP contribution in [0.1, 0.15) is 24.5 Å². The second kappa shape index (κ2) is 6.18. The summed E-state index contributed by atoms with van der Waals surface area (Å²) >= 11 is 0. The molecule has 0 bridgehead atoms. The highest BCUT2D eigenvalue weighted by molar-refractivity contribution is 5.89. The summed E-state index contributed by atoms with van der Waals surface area (Å²) in [6.07, 6.45) is 1.22. The lowest BCUT2D eigenvalue weighted by Gasteiger charge is -2.15. The number of methoxy groups -OCH3 is 1. The van der Waals surface area contributed by atoms with Gasteiger partial charge in [-0.15, -0.1) is 0 Å². The van der Waals surface area contributed by atoms with E-state index >= 15 is 0 Å². The maximum atomic E-state index is 11.4. The van der Waals surface area contributed by atoms with Crippen molar-refractivity contribution in [3.05, 3.63) is 40.9 Å². The zero-order chi connectivity index (χ0) is 14.5. The minimum Gasteiger partial charge on any atom is -0.496 e. The molecule has 2 aliphatic carbocycles. The molecule has 0 aromatic carbocycles. The molecule has 1 aromatic heterocycles. The van der Waals surface area contributed by atoms with Gasteiger partial charge in [-0.1, -0.05) is 17.3 Å². The first-order chi connectivity index (χ1) is 9.71. The SMILES string of the molecule is CCN(CC)C(=O)c1ncno1.COc1cc2ccc1=2. The first-order valence-corrected chi connectivity index (χ1v) is 6.45. The van der Waals surface area contributed by atoms with Gasteiger partial charge in [0, 0.05) is 18.3 Å². The van der Waals surface area contributed by atoms with E-state index in [1.54, 1.807) is 12.0 Å². The Morgan fingerprint density at radius 3 is 2.40 bits per heavy atom. The highest BCUT2D eigenvalue weighted by Crippen LogP contribution is 2.22. The second-order valence-corrected chi connectivity index (χ2v) is 4.14. The zero-order valence-electron chi connectivity index (χ0n) is 11.8. The first kappa shape index (κ1) is 14.0. The van der Waals surface area contributed by atoms with Crippen LogP contribution in [0.5, 0.6) is 5.75 Å². The molecule has 0 atom stereocenters. The van der Waals surface area contributed by atoms with E-state index in [2.05, 4.69) is 26.8 Å². The van der Waals surface area contributed by atoms with Crippen molar-refractivity contribution in [2.45, 2.75) is 13.8 Å². The minimum absolute atomic E-state index is 0.0544. The summed E-state index contributed by atoms with van der Waals surface area (Å²) in [5.74, 6) is 0.874. The van der Waals surface area contributed by atoms with Gasteiger partial charge in [0.15, 0.2) is 6.33 Å².